The molecule has 7 nitrogen and oxygen atoms in total. The van der Waals surface area contributed by atoms with Crippen LogP contribution in [0.1, 0.15) is 66.8 Å². The zero-order valence-electron chi connectivity index (χ0n) is 25.0. The minimum atomic E-state index is -4.17. The highest BCUT2D eigenvalue weighted by Gasteiger charge is 2.42. The number of carbonyl (C=O) groups excluding carboxylic acids is 1. The minimum Gasteiger partial charge on any atom is -0.490 e. The zero-order chi connectivity index (χ0) is 30.7. The van der Waals surface area contributed by atoms with Gasteiger partial charge in [0.15, 0.2) is 0 Å². The van der Waals surface area contributed by atoms with E-state index in [-0.39, 0.29) is 42.7 Å². The molecule has 0 radical (unpaired) electrons. The Hall–Kier alpha value is -3.05. The summed E-state index contributed by atoms with van der Waals surface area (Å²) in [5, 5.41) is 6.58. The number of halogens is 4. The van der Waals surface area contributed by atoms with E-state index >= 15 is 0 Å². The Morgan fingerprint density at radius 1 is 0.795 bits per heavy atom. The number of alkyl halides is 3. The van der Waals surface area contributed by atoms with Gasteiger partial charge in [-0.25, -0.2) is 4.39 Å². The van der Waals surface area contributed by atoms with E-state index in [0.717, 1.165) is 56.9 Å². The van der Waals surface area contributed by atoms with Crippen LogP contribution in [0.4, 0.5) is 23.2 Å². The monoisotopic (exact) mass is 618 g/mol. The number of ether oxygens (including phenoxy) is 2. The van der Waals surface area contributed by atoms with Crippen molar-refractivity contribution in [1.29, 1.82) is 0 Å². The Bertz CT molecular complexity index is 1280. The topological polar surface area (TPSA) is 66.1 Å². The van der Waals surface area contributed by atoms with Gasteiger partial charge in [-0.05, 0) is 74.4 Å². The molecule has 4 aliphatic rings. The average molecular weight is 619 g/mol. The molecule has 3 saturated heterocycles. The highest BCUT2D eigenvalue weighted by atomic mass is 19.4. The van der Waals surface area contributed by atoms with Crippen LogP contribution in [0.15, 0.2) is 36.4 Å². The highest BCUT2D eigenvalue weighted by molar-refractivity contribution is 5.94. The molecule has 1 amide bonds. The highest BCUT2D eigenvalue weighted by Crippen LogP contribution is 2.45. The van der Waals surface area contributed by atoms with E-state index in [4.69, 9.17) is 9.47 Å². The summed E-state index contributed by atoms with van der Waals surface area (Å²) in [5.41, 5.74) is 2.18. The third kappa shape index (κ3) is 7.42. The summed E-state index contributed by atoms with van der Waals surface area (Å²) in [6, 6.07) is 10.3. The summed E-state index contributed by atoms with van der Waals surface area (Å²) < 4.78 is 67.0. The standard InChI is InChI=1S/C33H42F4N4O3/c34-25-18-26(40-15-11-38-12-16-40)20-29(19-25)43-27-8-13-41(14-9-27)32(42)23-3-6-31(44-28-7-10-39-21-28)30(17-23)22-1-4-24(5-2-22)33(35,36)37/h3,6,17-20,22,24,27-28,38-39H,1-2,4-5,7-16,21H2/t22?,24?,28-/m0/s1. The maximum Gasteiger partial charge on any atom is 0.391 e. The molecule has 0 bridgehead atoms. The van der Waals surface area contributed by atoms with Crippen molar-refractivity contribution in [3.05, 3.63) is 53.3 Å². The number of anilines is 1. The first-order valence-electron chi connectivity index (χ1n) is 16.0. The number of piperazine rings is 1. The molecule has 3 heterocycles. The van der Waals surface area contributed by atoms with Crippen LogP contribution in [0.2, 0.25) is 0 Å². The summed E-state index contributed by atoms with van der Waals surface area (Å²) in [4.78, 5) is 17.6. The van der Waals surface area contributed by atoms with Crippen molar-refractivity contribution in [3.63, 3.8) is 0 Å². The van der Waals surface area contributed by atoms with E-state index in [1.165, 1.54) is 12.1 Å². The molecule has 44 heavy (non-hydrogen) atoms. The van der Waals surface area contributed by atoms with Crippen LogP contribution in [0, 0.1) is 11.7 Å². The molecule has 1 aliphatic carbocycles. The van der Waals surface area contributed by atoms with Gasteiger partial charge in [0, 0.05) is 82.0 Å². The molecule has 0 unspecified atom stereocenters. The number of amides is 1. The van der Waals surface area contributed by atoms with Crippen LogP contribution in [0.3, 0.4) is 0 Å². The Labute approximate surface area is 256 Å². The van der Waals surface area contributed by atoms with Crippen molar-refractivity contribution in [3.8, 4) is 11.5 Å². The molecule has 4 fully saturated rings. The second-order valence-corrected chi connectivity index (χ2v) is 12.6. The van der Waals surface area contributed by atoms with E-state index in [1.807, 2.05) is 18.2 Å². The lowest BCUT2D eigenvalue weighted by atomic mass is 9.78. The Balaban J connectivity index is 1.10. The van der Waals surface area contributed by atoms with Crippen molar-refractivity contribution in [2.45, 2.75) is 69.2 Å². The number of hydrogen-bond acceptors (Lipinski definition) is 6. The predicted octanol–water partition coefficient (Wildman–Crippen LogP) is 5.50. The maximum atomic E-state index is 14.4. The number of piperidine rings is 1. The van der Waals surface area contributed by atoms with Gasteiger partial charge in [0.1, 0.15) is 29.5 Å². The van der Waals surface area contributed by atoms with E-state index < -0.39 is 12.1 Å². The molecule has 2 aromatic rings. The van der Waals surface area contributed by atoms with E-state index in [9.17, 15) is 22.4 Å². The van der Waals surface area contributed by atoms with Gasteiger partial charge in [-0.3, -0.25) is 4.79 Å². The van der Waals surface area contributed by atoms with Gasteiger partial charge in [0.05, 0.1) is 5.92 Å². The first-order chi connectivity index (χ1) is 21.2. The third-order valence-corrected chi connectivity index (χ3v) is 9.57. The second-order valence-electron chi connectivity index (χ2n) is 12.6. The van der Waals surface area contributed by atoms with E-state index in [2.05, 4.69) is 15.5 Å². The number of nitrogens with one attached hydrogen (secondary N) is 2. The third-order valence-electron chi connectivity index (χ3n) is 9.57. The van der Waals surface area contributed by atoms with E-state index in [1.54, 1.807) is 11.0 Å². The van der Waals surface area contributed by atoms with Crippen molar-refractivity contribution in [2.75, 3.05) is 57.3 Å². The molecular formula is C33H42F4N4O3. The quantitative estimate of drug-likeness (QED) is 0.400. The second kappa shape index (κ2) is 13.5. The number of rotatable bonds is 7. The maximum absolute atomic E-state index is 14.4. The Morgan fingerprint density at radius 3 is 2.23 bits per heavy atom. The number of nitrogens with zero attached hydrogens (tertiary/aromatic N) is 2. The number of hydrogen-bond donors (Lipinski definition) is 2. The fourth-order valence-electron chi connectivity index (χ4n) is 7.02. The molecule has 11 heteroatoms. The Morgan fingerprint density at radius 2 is 1.55 bits per heavy atom. The molecule has 6 rings (SSSR count). The summed E-state index contributed by atoms with van der Waals surface area (Å²) in [6.07, 6.45) is -1.18. The molecule has 0 spiro atoms. The van der Waals surface area contributed by atoms with Crippen molar-refractivity contribution in [2.24, 2.45) is 5.92 Å². The van der Waals surface area contributed by atoms with Crippen molar-refractivity contribution in [1.82, 2.24) is 15.5 Å². The molecule has 2 N–H and O–H groups in total. The van der Waals surface area contributed by atoms with Gasteiger partial charge in [-0.15, -0.1) is 0 Å². The first-order valence-corrected chi connectivity index (χ1v) is 16.0. The molecule has 0 aromatic heterocycles. The van der Waals surface area contributed by atoms with Gasteiger partial charge in [0.2, 0.25) is 0 Å². The molecule has 1 saturated carbocycles. The van der Waals surface area contributed by atoms with Crippen LogP contribution in [-0.2, 0) is 0 Å². The minimum absolute atomic E-state index is 0.00636. The zero-order valence-corrected chi connectivity index (χ0v) is 25.0. The lowest BCUT2D eigenvalue weighted by Gasteiger charge is -2.34. The smallest absolute Gasteiger partial charge is 0.391 e. The molecular weight excluding hydrogens is 576 g/mol. The predicted molar refractivity (Wildman–Crippen MR) is 160 cm³/mol. The first kappa shape index (κ1) is 31.0. The fourth-order valence-corrected chi connectivity index (χ4v) is 7.02. The van der Waals surface area contributed by atoms with Crippen LogP contribution < -0.4 is 25.0 Å². The summed E-state index contributed by atoms with van der Waals surface area (Å²) in [5.74, 6) is -0.606. The molecule has 3 aliphatic heterocycles. The van der Waals surface area contributed by atoms with Crippen LogP contribution in [-0.4, -0.2) is 81.5 Å². The lowest BCUT2D eigenvalue weighted by Crippen LogP contribution is -2.43. The molecule has 240 valence electrons. The van der Waals surface area contributed by atoms with Gasteiger partial charge in [-0.1, -0.05) is 0 Å². The normalized spacial score (nSPS) is 25.2. The summed E-state index contributed by atoms with van der Waals surface area (Å²) in [6.45, 7) is 5.92. The molecule has 2 aromatic carbocycles. The SMILES string of the molecule is O=C(c1ccc(O[C@H]2CCNC2)c(C2CCC(C(F)(F)F)CC2)c1)N1CCC(Oc2cc(F)cc(N3CCNCC3)c2)CC1. The van der Waals surface area contributed by atoms with E-state index in [0.29, 0.717) is 55.8 Å². The number of likely N-dealkylation sites (tertiary alicyclic amines) is 1. The van der Waals surface area contributed by atoms with Gasteiger partial charge >= 0.3 is 6.18 Å². The van der Waals surface area contributed by atoms with Crippen LogP contribution >= 0.6 is 0 Å². The largest absolute Gasteiger partial charge is 0.490 e. The molecule has 1 atom stereocenters. The summed E-state index contributed by atoms with van der Waals surface area (Å²) >= 11 is 0. The lowest BCUT2D eigenvalue weighted by molar-refractivity contribution is -0.182. The number of carbonyl (C=O) groups is 1. The van der Waals surface area contributed by atoms with Crippen molar-refractivity contribution < 1.29 is 31.8 Å². The summed E-state index contributed by atoms with van der Waals surface area (Å²) in [7, 11) is 0. The van der Waals surface area contributed by atoms with Gasteiger partial charge in [-0.2, -0.15) is 13.2 Å². The Kier molecular flexibility index (Phi) is 9.51. The van der Waals surface area contributed by atoms with Crippen molar-refractivity contribution >= 4 is 11.6 Å². The van der Waals surface area contributed by atoms with Crippen LogP contribution in [0.5, 0.6) is 11.5 Å². The fraction of sp³-hybridized carbons (Fsp3) is 0.606. The van der Waals surface area contributed by atoms with Gasteiger partial charge < -0.3 is 29.9 Å². The number of benzene rings is 2. The van der Waals surface area contributed by atoms with Gasteiger partial charge in [0.25, 0.3) is 5.91 Å². The average Bonchev–Trinajstić information content (AvgIpc) is 3.54. The van der Waals surface area contributed by atoms with Crippen LogP contribution in [0.25, 0.3) is 0 Å².